The Morgan fingerprint density at radius 1 is 0.744 bits per heavy atom. The standard InChI is InChI=1S/C32H31N3O4/c1-32(2,3)39-31(36)35-28(20-37-29-11-10-22-6-4-5-7-23(22)15-29)21-38-30-16-27(18-34-19-30)24-8-9-26-17-33-13-12-25(26)14-24/h4-19,28H,20-21H2,1-3H3,(H,35,36)/t28-/m0/s1. The third-order valence-corrected chi connectivity index (χ3v) is 6.03. The fourth-order valence-corrected chi connectivity index (χ4v) is 4.18. The van der Waals surface area contributed by atoms with E-state index >= 15 is 0 Å². The fraction of sp³-hybridized carbons (Fsp3) is 0.219. The number of alkyl carbamates (subject to hydrolysis) is 1. The maximum atomic E-state index is 12.6. The highest BCUT2D eigenvalue weighted by Gasteiger charge is 2.21. The van der Waals surface area contributed by atoms with Crippen molar-refractivity contribution >= 4 is 27.6 Å². The van der Waals surface area contributed by atoms with Crippen molar-refractivity contribution in [2.24, 2.45) is 0 Å². The van der Waals surface area contributed by atoms with Crippen molar-refractivity contribution in [2.45, 2.75) is 32.4 Å². The summed E-state index contributed by atoms with van der Waals surface area (Å²) in [5.41, 5.74) is 1.33. The summed E-state index contributed by atoms with van der Waals surface area (Å²) in [6.07, 6.45) is 6.55. The van der Waals surface area contributed by atoms with E-state index in [-0.39, 0.29) is 13.2 Å². The molecule has 198 valence electrons. The van der Waals surface area contributed by atoms with Crippen molar-refractivity contribution < 1.29 is 19.0 Å². The highest BCUT2D eigenvalue weighted by Crippen LogP contribution is 2.26. The number of nitrogens with one attached hydrogen (secondary N) is 1. The largest absolute Gasteiger partial charge is 0.491 e. The predicted octanol–water partition coefficient (Wildman–Crippen LogP) is 6.80. The highest BCUT2D eigenvalue weighted by atomic mass is 16.6. The summed E-state index contributed by atoms with van der Waals surface area (Å²) in [4.78, 5) is 21.1. The van der Waals surface area contributed by atoms with Crippen molar-refractivity contribution in [3.05, 3.63) is 97.6 Å². The smallest absolute Gasteiger partial charge is 0.408 e. The minimum atomic E-state index is -0.622. The molecule has 0 saturated carbocycles. The number of rotatable bonds is 8. The molecule has 0 aliphatic heterocycles. The van der Waals surface area contributed by atoms with Gasteiger partial charge in [-0.1, -0.05) is 42.5 Å². The SMILES string of the molecule is CC(C)(C)OC(=O)N[C@H](COc1cncc(-c2ccc3cnccc3c2)c1)COc1ccc2ccccc2c1. The van der Waals surface area contributed by atoms with E-state index in [0.29, 0.717) is 11.5 Å². The first-order valence-electron chi connectivity index (χ1n) is 12.9. The molecule has 0 aliphatic carbocycles. The number of benzene rings is 3. The fourth-order valence-electron chi connectivity index (χ4n) is 4.18. The molecule has 0 bridgehead atoms. The number of aromatic nitrogens is 2. The lowest BCUT2D eigenvalue weighted by atomic mass is 10.0. The number of nitrogens with zero attached hydrogens (tertiary/aromatic N) is 2. The molecule has 39 heavy (non-hydrogen) atoms. The monoisotopic (exact) mass is 521 g/mol. The minimum Gasteiger partial charge on any atom is -0.491 e. The Morgan fingerprint density at radius 2 is 1.49 bits per heavy atom. The van der Waals surface area contributed by atoms with E-state index in [1.807, 2.05) is 87.6 Å². The van der Waals surface area contributed by atoms with Gasteiger partial charge in [0, 0.05) is 29.5 Å². The van der Waals surface area contributed by atoms with E-state index < -0.39 is 17.7 Å². The number of hydrogen-bond donors (Lipinski definition) is 1. The Hall–Kier alpha value is -4.65. The van der Waals surface area contributed by atoms with Gasteiger partial charge in [-0.3, -0.25) is 9.97 Å². The van der Waals surface area contributed by atoms with Crippen molar-refractivity contribution in [2.75, 3.05) is 13.2 Å². The third kappa shape index (κ3) is 7.02. The zero-order valence-electron chi connectivity index (χ0n) is 22.3. The second kappa shape index (κ2) is 11.4. The van der Waals surface area contributed by atoms with Crippen LogP contribution in [-0.2, 0) is 4.74 Å². The summed E-state index contributed by atoms with van der Waals surface area (Å²) in [5.74, 6) is 1.30. The molecule has 2 aromatic heterocycles. The molecule has 3 aromatic carbocycles. The van der Waals surface area contributed by atoms with E-state index in [1.165, 1.54) is 0 Å². The Bertz CT molecular complexity index is 1600. The van der Waals surface area contributed by atoms with Crippen LogP contribution in [0.1, 0.15) is 20.8 Å². The summed E-state index contributed by atoms with van der Waals surface area (Å²) in [6.45, 7) is 5.84. The zero-order chi connectivity index (χ0) is 27.2. The normalized spacial score (nSPS) is 12.2. The molecule has 5 rings (SSSR count). The second-order valence-electron chi connectivity index (χ2n) is 10.3. The van der Waals surface area contributed by atoms with Crippen LogP contribution in [0.15, 0.2) is 97.6 Å². The molecule has 5 aromatic rings. The lowest BCUT2D eigenvalue weighted by Gasteiger charge is -2.24. The van der Waals surface area contributed by atoms with E-state index in [9.17, 15) is 4.79 Å². The number of carbonyl (C=O) groups excluding carboxylic acids is 1. The molecule has 1 atom stereocenters. The molecule has 7 heteroatoms. The van der Waals surface area contributed by atoms with Gasteiger partial charge in [0.1, 0.15) is 36.4 Å². The molecule has 2 heterocycles. The van der Waals surface area contributed by atoms with E-state index in [0.717, 1.165) is 32.7 Å². The van der Waals surface area contributed by atoms with Gasteiger partial charge in [-0.05, 0) is 72.8 Å². The first-order valence-corrected chi connectivity index (χ1v) is 12.9. The molecule has 1 N–H and O–H groups in total. The Labute approximate surface area is 227 Å². The average molecular weight is 522 g/mol. The van der Waals surface area contributed by atoms with E-state index in [2.05, 4.69) is 27.4 Å². The molecule has 7 nitrogen and oxygen atoms in total. The predicted molar refractivity (Wildman–Crippen MR) is 153 cm³/mol. The average Bonchev–Trinajstić information content (AvgIpc) is 2.93. The van der Waals surface area contributed by atoms with Crippen LogP contribution in [0.5, 0.6) is 11.5 Å². The van der Waals surface area contributed by atoms with Crippen LogP contribution in [0.25, 0.3) is 32.7 Å². The summed E-state index contributed by atoms with van der Waals surface area (Å²) in [6, 6.07) is 23.6. The number of hydrogen-bond acceptors (Lipinski definition) is 6. The molecular formula is C32H31N3O4. The summed E-state index contributed by atoms with van der Waals surface area (Å²) >= 11 is 0. The van der Waals surface area contributed by atoms with Gasteiger partial charge >= 0.3 is 6.09 Å². The summed E-state index contributed by atoms with van der Waals surface area (Å²) in [5, 5.41) is 7.26. The first-order chi connectivity index (χ1) is 18.8. The van der Waals surface area contributed by atoms with Crippen LogP contribution in [0, 0.1) is 0 Å². The maximum absolute atomic E-state index is 12.6. The molecule has 0 fully saturated rings. The van der Waals surface area contributed by atoms with Gasteiger partial charge in [0.15, 0.2) is 0 Å². The van der Waals surface area contributed by atoms with Crippen LogP contribution < -0.4 is 14.8 Å². The van der Waals surface area contributed by atoms with Gasteiger partial charge < -0.3 is 19.5 Å². The van der Waals surface area contributed by atoms with Crippen LogP contribution in [-0.4, -0.2) is 40.9 Å². The number of carbonyl (C=O) groups is 1. The Balaban J connectivity index is 1.29. The van der Waals surface area contributed by atoms with Crippen molar-refractivity contribution in [3.8, 4) is 22.6 Å². The van der Waals surface area contributed by atoms with Gasteiger partial charge in [-0.15, -0.1) is 0 Å². The van der Waals surface area contributed by atoms with Crippen LogP contribution in [0.4, 0.5) is 4.79 Å². The van der Waals surface area contributed by atoms with Crippen molar-refractivity contribution in [1.82, 2.24) is 15.3 Å². The van der Waals surface area contributed by atoms with E-state index in [4.69, 9.17) is 14.2 Å². The van der Waals surface area contributed by atoms with Crippen LogP contribution in [0.3, 0.4) is 0 Å². The lowest BCUT2D eigenvalue weighted by molar-refractivity contribution is 0.0465. The second-order valence-corrected chi connectivity index (χ2v) is 10.3. The minimum absolute atomic E-state index is 0.168. The molecular weight excluding hydrogens is 490 g/mol. The van der Waals surface area contributed by atoms with Crippen molar-refractivity contribution in [3.63, 3.8) is 0 Å². The third-order valence-electron chi connectivity index (χ3n) is 6.03. The summed E-state index contributed by atoms with van der Waals surface area (Å²) < 4.78 is 17.6. The van der Waals surface area contributed by atoms with E-state index in [1.54, 1.807) is 18.6 Å². The molecule has 0 saturated heterocycles. The Morgan fingerprint density at radius 3 is 2.31 bits per heavy atom. The number of pyridine rings is 2. The van der Waals surface area contributed by atoms with Gasteiger partial charge in [0.05, 0.1) is 6.20 Å². The molecule has 0 aliphatic rings. The molecule has 0 radical (unpaired) electrons. The highest BCUT2D eigenvalue weighted by molar-refractivity contribution is 5.86. The van der Waals surface area contributed by atoms with Gasteiger partial charge in [0.2, 0.25) is 0 Å². The van der Waals surface area contributed by atoms with Crippen LogP contribution >= 0.6 is 0 Å². The number of fused-ring (bicyclic) bond motifs is 2. The van der Waals surface area contributed by atoms with Gasteiger partial charge in [-0.2, -0.15) is 0 Å². The quantitative estimate of drug-likeness (QED) is 0.242. The van der Waals surface area contributed by atoms with Crippen molar-refractivity contribution in [1.29, 1.82) is 0 Å². The zero-order valence-corrected chi connectivity index (χ0v) is 22.3. The van der Waals surface area contributed by atoms with Crippen LogP contribution in [0.2, 0.25) is 0 Å². The molecule has 0 spiro atoms. The number of amides is 1. The molecule has 1 amide bonds. The Kier molecular flexibility index (Phi) is 7.59. The van der Waals surface area contributed by atoms with Gasteiger partial charge in [-0.25, -0.2) is 4.79 Å². The maximum Gasteiger partial charge on any atom is 0.408 e. The number of ether oxygens (including phenoxy) is 3. The first kappa shape index (κ1) is 26.0. The van der Waals surface area contributed by atoms with Gasteiger partial charge in [0.25, 0.3) is 0 Å². The lowest BCUT2D eigenvalue weighted by Crippen LogP contribution is -2.45. The summed E-state index contributed by atoms with van der Waals surface area (Å²) in [7, 11) is 0. The molecule has 0 unspecified atom stereocenters. The topological polar surface area (TPSA) is 82.6 Å².